The fourth-order valence-corrected chi connectivity index (χ4v) is 3.31. The summed E-state index contributed by atoms with van der Waals surface area (Å²) in [6.07, 6.45) is 1.98. The van der Waals surface area contributed by atoms with Gasteiger partial charge in [-0.2, -0.15) is 11.8 Å². The van der Waals surface area contributed by atoms with Crippen LogP contribution in [0.4, 0.5) is 0 Å². The number of benzene rings is 1. The van der Waals surface area contributed by atoms with Crippen molar-refractivity contribution in [3.05, 3.63) is 34.9 Å². The summed E-state index contributed by atoms with van der Waals surface area (Å²) < 4.78 is 0. The lowest BCUT2D eigenvalue weighted by Gasteiger charge is -2.30. The van der Waals surface area contributed by atoms with E-state index >= 15 is 0 Å². The van der Waals surface area contributed by atoms with Crippen molar-refractivity contribution in [3.63, 3.8) is 0 Å². The lowest BCUT2D eigenvalue weighted by molar-refractivity contribution is -0.131. The summed E-state index contributed by atoms with van der Waals surface area (Å²) in [5.41, 5.74) is 1.04. The van der Waals surface area contributed by atoms with Crippen LogP contribution in [0, 0.1) is 0 Å². The normalized spacial score (nSPS) is 24.8. The Kier molecular flexibility index (Phi) is 4.76. The summed E-state index contributed by atoms with van der Waals surface area (Å²) in [5.74, 6) is 1.09. The fraction of sp³-hybridized carbons (Fsp3) is 0.500. The van der Waals surface area contributed by atoms with E-state index in [-0.39, 0.29) is 24.2 Å². The third kappa shape index (κ3) is 3.07. The van der Waals surface area contributed by atoms with Crippen LogP contribution in [-0.4, -0.2) is 34.9 Å². The van der Waals surface area contributed by atoms with E-state index in [1.54, 1.807) is 11.8 Å². The van der Waals surface area contributed by atoms with Gasteiger partial charge in [0.25, 0.3) is 0 Å². The fourth-order valence-electron chi connectivity index (χ4n) is 2.47. The first kappa shape index (κ1) is 14.7. The van der Waals surface area contributed by atoms with Crippen molar-refractivity contribution in [2.24, 2.45) is 0 Å². The van der Waals surface area contributed by atoms with Gasteiger partial charge in [-0.05, 0) is 37.8 Å². The number of carbonyl (C=O) groups is 1. The van der Waals surface area contributed by atoms with Crippen molar-refractivity contribution < 1.29 is 4.79 Å². The summed E-state index contributed by atoms with van der Waals surface area (Å²) in [6.45, 7) is 4.00. The van der Waals surface area contributed by atoms with E-state index in [0.717, 1.165) is 11.3 Å². The molecule has 3 atom stereocenters. The van der Waals surface area contributed by atoms with Gasteiger partial charge in [0.05, 0.1) is 6.04 Å². The first-order chi connectivity index (χ1) is 9.04. The van der Waals surface area contributed by atoms with Crippen molar-refractivity contribution in [1.82, 2.24) is 10.2 Å². The van der Waals surface area contributed by atoms with Crippen LogP contribution in [-0.2, 0) is 4.79 Å². The number of thioether (sulfide) groups is 1. The number of carbonyl (C=O) groups excluding carboxylic acids is 1. The largest absolute Gasteiger partial charge is 0.318 e. The van der Waals surface area contributed by atoms with Gasteiger partial charge in [0, 0.05) is 16.8 Å². The van der Waals surface area contributed by atoms with Crippen LogP contribution < -0.4 is 5.32 Å². The molecule has 0 bridgehead atoms. The van der Waals surface area contributed by atoms with Crippen molar-refractivity contribution in [2.75, 3.05) is 12.0 Å². The van der Waals surface area contributed by atoms with Crippen LogP contribution in [0.15, 0.2) is 24.3 Å². The van der Waals surface area contributed by atoms with Gasteiger partial charge in [0.1, 0.15) is 6.17 Å². The minimum Gasteiger partial charge on any atom is -0.318 e. The van der Waals surface area contributed by atoms with E-state index in [1.165, 1.54) is 0 Å². The molecule has 3 nitrogen and oxygen atoms in total. The van der Waals surface area contributed by atoms with Crippen molar-refractivity contribution in [3.8, 4) is 0 Å². The molecule has 1 fully saturated rings. The van der Waals surface area contributed by atoms with E-state index < -0.39 is 0 Å². The SMILES string of the molecule is CSCC(C)N1C(=O)C(C)NC1c1cccc(Cl)c1. The zero-order valence-corrected chi connectivity index (χ0v) is 13.0. The van der Waals surface area contributed by atoms with Crippen LogP contribution >= 0.6 is 23.4 Å². The van der Waals surface area contributed by atoms with Crippen LogP contribution in [0.2, 0.25) is 5.02 Å². The van der Waals surface area contributed by atoms with Crippen LogP contribution in [0.25, 0.3) is 0 Å². The number of halogens is 1. The number of rotatable bonds is 4. The minimum absolute atomic E-state index is 0.0802. The maximum atomic E-state index is 12.3. The molecule has 0 radical (unpaired) electrons. The minimum atomic E-state index is -0.145. The van der Waals surface area contributed by atoms with E-state index in [4.69, 9.17) is 11.6 Å². The summed E-state index contributed by atoms with van der Waals surface area (Å²) >= 11 is 7.80. The molecule has 1 aromatic rings. The highest BCUT2D eigenvalue weighted by Crippen LogP contribution is 2.29. The molecule has 1 aromatic carbocycles. The monoisotopic (exact) mass is 298 g/mol. The molecule has 3 unspecified atom stereocenters. The number of nitrogens with zero attached hydrogens (tertiary/aromatic N) is 1. The van der Waals surface area contributed by atoms with Crippen LogP contribution in [0.1, 0.15) is 25.6 Å². The lowest BCUT2D eigenvalue weighted by Crippen LogP contribution is -2.39. The predicted molar refractivity (Wildman–Crippen MR) is 81.5 cm³/mol. The Bertz CT molecular complexity index is 469. The summed E-state index contributed by atoms with van der Waals surface area (Å²) in [4.78, 5) is 14.2. The topological polar surface area (TPSA) is 32.3 Å². The molecule has 1 heterocycles. The Hall–Kier alpha value is -0.710. The summed E-state index contributed by atoms with van der Waals surface area (Å²) in [5, 5.41) is 4.04. The molecule has 1 amide bonds. The highest BCUT2D eigenvalue weighted by atomic mass is 35.5. The van der Waals surface area contributed by atoms with Gasteiger partial charge < -0.3 is 4.90 Å². The van der Waals surface area contributed by atoms with Gasteiger partial charge >= 0.3 is 0 Å². The quantitative estimate of drug-likeness (QED) is 0.927. The Morgan fingerprint density at radius 2 is 2.26 bits per heavy atom. The second-order valence-electron chi connectivity index (χ2n) is 4.90. The third-order valence-electron chi connectivity index (χ3n) is 3.36. The number of hydrogen-bond donors (Lipinski definition) is 1. The maximum Gasteiger partial charge on any atom is 0.241 e. The van der Waals surface area contributed by atoms with Crippen LogP contribution in [0.3, 0.4) is 0 Å². The average Bonchev–Trinajstić information content (AvgIpc) is 2.66. The standard InChI is InChI=1S/C14H19ClN2OS/c1-9(8-19-3)17-13(16-10(2)14(17)18)11-5-4-6-12(15)7-11/h4-7,9-10,13,16H,8H2,1-3H3. The first-order valence-electron chi connectivity index (χ1n) is 6.37. The maximum absolute atomic E-state index is 12.3. The molecule has 0 spiro atoms. The molecule has 1 aliphatic rings. The second kappa shape index (κ2) is 6.16. The van der Waals surface area contributed by atoms with E-state index in [2.05, 4.69) is 18.5 Å². The van der Waals surface area contributed by atoms with Crippen molar-refractivity contribution in [2.45, 2.75) is 32.1 Å². The highest BCUT2D eigenvalue weighted by molar-refractivity contribution is 7.98. The molecular formula is C14H19ClN2OS. The van der Waals surface area contributed by atoms with Gasteiger partial charge in [0.15, 0.2) is 0 Å². The summed E-state index contributed by atoms with van der Waals surface area (Å²) in [6, 6.07) is 7.75. The molecule has 0 aliphatic carbocycles. The van der Waals surface area contributed by atoms with Gasteiger partial charge in [-0.15, -0.1) is 0 Å². The first-order valence-corrected chi connectivity index (χ1v) is 8.14. The molecule has 0 aromatic heterocycles. The van der Waals surface area contributed by atoms with Gasteiger partial charge in [-0.25, -0.2) is 0 Å². The molecule has 1 aliphatic heterocycles. The van der Waals surface area contributed by atoms with Gasteiger partial charge in [-0.1, -0.05) is 23.7 Å². The molecule has 19 heavy (non-hydrogen) atoms. The average molecular weight is 299 g/mol. The number of nitrogens with one attached hydrogen (secondary N) is 1. The van der Waals surface area contributed by atoms with Crippen molar-refractivity contribution in [1.29, 1.82) is 0 Å². The third-order valence-corrected chi connectivity index (χ3v) is 4.41. The molecule has 1 N–H and O–H groups in total. The predicted octanol–water partition coefficient (Wildman–Crippen LogP) is 2.91. The Morgan fingerprint density at radius 1 is 1.53 bits per heavy atom. The second-order valence-corrected chi connectivity index (χ2v) is 6.24. The molecule has 0 saturated carbocycles. The van der Waals surface area contributed by atoms with E-state index in [9.17, 15) is 4.79 Å². The summed E-state index contributed by atoms with van der Waals surface area (Å²) in [7, 11) is 0. The molecular weight excluding hydrogens is 280 g/mol. The van der Waals surface area contributed by atoms with Crippen LogP contribution in [0.5, 0.6) is 0 Å². The van der Waals surface area contributed by atoms with Crippen molar-refractivity contribution >= 4 is 29.3 Å². The molecule has 1 saturated heterocycles. The Balaban J connectivity index is 2.29. The number of hydrogen-bond acceptors (Lipinski definition) is 3. The molecule has 104 valence electrons. The Morgan fingerprint density at radius 3 is 2.89 bits per heavy atom. The van der Waals surface area contributed by atoms with E-state index in [0.29, 0.717) is 5.02 Å². The highest BCUT2D eigenvalue weighted by Gasteiger charge is 2.39. The molecule has 5 heteroatoms. The number of amides is 1. The zero-order chi connectivity index (χ0) is 14.0. The molecule has 2 rings (SSSR count). The van der Waals surface area contributed by atoms with E-state index in [1.807, 2.05) is 36.1 Å². The van der Waals surface area contributed by atoms with Gasteiger partial charge in [0.2, 0.25) is 5.91 Å². The Labute approximate surface area is 123 Å². The lowest BCUT2D eigenvalue weighted by atomic mass is 10.1. The smallest absolute Gasteiger partial charge is 0.241 e. The van der Waals surface area contributed by atoms with Gasteiger partial charge in [-0.3, -0.25) is 10.1 Å². The zero-order valence-electron chi connectivity index (χ0n) is 11.4.